The van der Waals surface area contributed by atoms with Crippen LogP contribution in [0.2, 0.25) is 0 Å². The van der Waals surface area contributed by atoms with Crippen LogP contribution >= 0.6 is 11.8 Å². The average Bonchev–Trinajstić information content (AvgIpc) is 2.39. The van der Waals surface area contributed by atoms with Crippen LogP contribution in [0.15, 0.2) is 0 Å². The van der Waals surface area contributed by atoms with Crippen LogP contribution in [0, 0.1) is 5.92 Å². The number of hydrogen-bond donors (Lipinski definition) is 1. The average molecular weight is 259 g/mol. The van der Waals surface area contributed by atoms with Gasteiger partial charge in [0.1, 0.15) is 0 Å². The Hall–Kier alpha value is 0.270. The molecular formula is C14H29NOS. The van der Waals surface area contributed by atoms with Crippen molar-refractivity contribution >= 4 is 11.8 Å². The zero-order valence-corrected chi connectivity index (χ0v) is 12.5. The summed E-state index contributed by atoms with van der Waals surface area (Å²) in [6, 6.07) is 0.692. The van der Waals surface area contributed by atoms with Crippen molar-refractivity contribution in [2.75, 3.05) is 25.5 Å². The summed E-state index contributed by atoms with van der Waals surface area (Å²) in [6.07, 6.45) is 4.98. The van der Waals surface area contributed by atoms with Crippen molar-refractivity contribution in [3.8, 4) is 0 Å². The molecule has 1 saturated heterocycles. The maximum Gasteiger partial charge on any atom is 0.0469 e. The predicted molar refractivity (Wildman–Crippen MR) is 77.8 cm³/mol. The van der Waals surface area contributed by atoms with Gasteiger partial charge >= 0.3 is 0 Å². The van der Waals surface area contributed by atoms with Gasteiger partial charge in [-0.1, -0.05) is 20.8 Å². The molecule has 0 aliphatic carbocycles. The second-order valence-corrected chi connectivity index (χ2v) is 6.53. The van der Waals surface area contributed by atoms with Gasteiger partial charge in [0.05, 0.1) is 0 Å². The van der Waals surface area contributed by atoms with Gasteiger partial charge < -0.3 is 10.1 Å². The van der Waals surface area contributed by atoms with Crippen molar-refractivity contribution in [2.24, 2.45) is 5.92 Å². The van der Waals surface area contributed by atoms with Crippen molar-refractivity contribution in [1.29, 1.82) is 0 Å². The Bertz CT molecular complexity index is 183. The van der Waals surface area contributed by atoms with Gasteiger partial charge in [-0.25, -0.2) is 0 Å². The molecular weight excluding hydrogens is 230 g/mol. The maximum absolute atomic E-state index is 5.47. The quantitative estimate of drug-likeness (QED) is 0.722. The van der Waals surface area contributed by atoms with Crippen LogP contribution in [0.3, 0.4) is 0 Å². The summed E-state index contributed by atoms with van der Waals surface area (Å²) in [5, 5.41) is 4.53. The second-order valence-electron chi connectivity index (χ2n) is 5.06. The van der Waals surface area contributed by atoms with Gasteiger partial charge in [0.2, 0.25) is 0 Å². The molecule has 1 fully saturated rings. The molecule has 0 aromatic heterocycles. The highest BCUT2D eigenvalue weighted by molar-refractivity contribution is 7.99. The molecule has 0 saturated carbocycles. The Morgan fingerprint density at radius 3 is 2.59 bits per heavy atom. The van der Waals surface area contributed by atoms with E-state index in [9.17, 15) is 0 Å². The van der Waals surface area contributed by atoms with E-state index in [0.717, 1.165) is 30.9 Å². The number of nitrogens with one attached hydrogen (secondary N) is 1. The highest BCUT2D eigenvalue weighted by Gasteiger charge is 2.23. The van der Waals surface area contributed by atoms with E-state index in [0.29, 0.717) is 6.04 Å². The molecule has 0 aromatic carbocycles. The predicted octanol–water partition coefficient (Wildman–Crippen LogP) is 3.31. The van der Waals surface area contributed by atoms with Crippen LogP contribution in [0.25, 0.3) is 0 Å². The largest absolute Gasteiger partial charge is 0.381 e. The normalized spacial score (nSPS) is 21.4. The SMILES string of the molecule is CCCNC(CSC(C)CC)C1CCOCC1. The fourth-order valence-corrected chi connectivity index (χ4v) is 3.36. The van der Waals surface area contributed by atoms with Gasteiger partial charge in [0, 0.05) is 30.3 Å². The lowest BCUT2D eigenvalue weighted by Gasteiger charge is -2.31. The third-order valence-corrected chi connectivity index (χ3v) is 5.08. The second kappa shape index (κ2) is 9.23. The minimum absolute atomic E-state index is 0.692. The third kappa shape index (κ3) is 6.12. The van der Waals surface area contributed by atoms with Crippen molar-refractivity contribution in [3.05, 3.63) is 0 Å². The number of thioether (sulfide) groups is 1. The summed E-state index contributed by atoms with van der Waals surface area (Å²) >= 11 is 2.13. The van der Waals surface area contributed by atoms with Crippen LogP contribution in [-0.4, -0.2) is 36.8 Å². The summed E-state index contributed by atoms with van der Waals surface area (Å²) in [5.41, 5.74) is 0. The number of ether oxygens (including phenoxy) is 1. The molecule has 0 amide bonds. The zero-order valence-electron chi connectivity index (χ0n) is 11.7. The first-order valence-corrected chi connectivity index (χ1v) is 8.25. The van der Waals surface area contributed by atoms with Crippen molar-refractivity contribution < 1.29 is 4.74 Å². The minimum Gasteiger partial charge on any atom is -0.381 e. The molecule has 3 heteroatoms. The molecule has 0 bridgehead atoms. The van der Waals surface area contributed by atoms with E-state index < -0.39 is 0 Å². The molecule has 0 spiro atoms. The highest BCUT2D eigenvalue weighted by Crippen LogP contribution is 2.24. The molecule has 2 unspecified atom stereocenters. The van der Waals surface area contributed by atoms with Gasteiger partial charge in [0.25, 0.3) is 0 Å². The summed E-state index contributed by atoms with van der Waals surface area (Å²) < 4.78 is 5.47. The van der Waals surface area contributed by atoms with Crippen LogP contribution < -0.4 is 5.32 Å². The smallest absolute Gasteiger partial charge is 0.0469 e. The molecule has 0 radical (unpaired) electrons. The first-order chi connectivity index (χ1) is 8.27. The Morgan fingerprint density at radius 1 is 1.29 bits per heavy atom. The standard InChI is InChI=1S/C14H29NOS/c1-4-8-15-14(11-17-12(3)5-2)13-6-9-16-10-7-13/h12-15H,4-11H2,1-3H3. The van der Waals surface area contributed by atoms with Crippen LogP contribution in [0.5, 0.6) is 0 Å². The summed E-state index contributed by atoms with van der Waals surface area (Å²) in [4.78, 5) is 0. The van der Waals surface area contributed by atoms with E-state index in [1.54, 1.807) is 0 Å². The molecule has 2 nitrogen and oxygen atoms in total. The van der Waals surface area contributed by atoms with Crippen LogP contribution in [0.1, 0.15) is 46.5 Å². The lowest BCUT2D eigenvalue weighted by Crippen LogP contribution is -2.41. The van der Waals surface area contributed by atoms with Gasteiger partial charge in [-0.05, 0) is 38.1 Å². The summed E-state index contributed by atoms with van der Waals surface area (Å²) in [6.45, 7) is 9.94. The molecule has 2 atom stereocenters. The summed E-state index contributed by atoms with van der Waals surface area (Å²) in [7, 11) is 0. The highest BCUT2D eigenvalue weighted by atomic mass is 32.2. The van der Waals surface area contributed by atoms with Crippen molar-refractivity contribution in [2.45, 2.75) is 57.7 Å². The Labute approximate surface area is 111 Å². The van der Waals surface area contributed by atoms with E-state index in [1.807, 2.05) is 0 Å². The molecule has 17 heavy (non-hydrogen) atoms. The van der Waals surface area contributed by atoms with Crippen molar-refractivity contribution in [3.63, 3.8) is 0 Å². The van der Waals surface area contributed by atoms with E-state index in [-0.39, 0.29) is 0 Å². The van der Waals surface area contributed by atoms with Gasteiger partial charge in [-0.2, -0.15) is 11.8 Å². The molecule has 1 heterocycles. The van der Waals surface area contributed by atoms with E-state index in [1.165, 1.54) is 31.4 Å². The fourth-order valence-electron chi connectivity index (χ4n) is 2.20. The molecule has 1 aliphatic heterocycles. The molecule has 1 N–H and O–H groups in total. The van der Waals surface area contributed by atoms with E-state index in [2.05, 4.69) is 37.8 Å². The van der Waals surface area contributed by atoms with Gasteiger partial charge in [0.15, 0.2) is 0 Å². The number of hydrogen-bond acceptors (Lipinski definition) is 3. The maximum atomic E-state index is 5.47. The Balaban J connectivity index is 2.35. The Morgan fingerprint density at radius 2 is 2.00 bits per heavy atom. The number of rotatable bonds is 8. The first kappa shape index (κ1) is 15.3. The fraction of sp³-hybridized carbons (Fsp3) is 1.00. The zero-order chi connectivity index (χ0) is 12.5. The molecule has 1 aliphatic rings. The first-order valence-electron chi connectivity index (χ1n) is 7.20. The molecule has 102 valence electrons. The topological polar surface area (TPSA) is 21.3 Å². The van der Waals surface area contributed by atoms with Gasteiger partial charge in [-0.15, -0.1) is 0 Å². The molecule has 0 aromatic rings. The van der Waals surface area contributed by atoms with Crippen LogP contribution in [-0.2, 0) is 4.74 Å². The summed E-state index contributed by atoms with van der Waals surface area (Å²) in [5.74, 6) is 2.09. The van der Waals surface area contributed by atoms with E-state index >= 15 is 0 Å². The minimum atomic E-state index is 0.692. The molecule has 1 rings (SSSR count). The Kier molecular flexibility index (Phi) is 8.33. The van der Waals surface area contributed by atoms with E-state index in [4.69, 9.17) is 4.74 Å². The lowest BCUT2D eigenvalue weighted by atomic mass is 9.93. The third-order valence-electron chi connectivity index (χ3n) is 3.63. The monoisotopic (exact) mass is 259 g/mol. The van der Waals surface area contributed by atoms with Crippen molar-refractivity contribution in [1.82, 2.24) is 5.32 Å². The van der Waals surface area contributed by atoms with Crippen LogP contribution in [0.4, 0.5) is 0 Å². The van der Waals surface area contributed by atoms with Gasteiger partial charge in [-0.3, -0.25) is 0 Å². The lowest BCUT2D eigenvalue weighted by molar-refractivity contribution is 0.0566.